The molecule has 0 unspecified atom stereocenters. The van der Waals surface area contributed by atoms with Crippen molar-refractivity contribution in [3.05, 3.63) is 104 Å². The maximum absolute atomic E-state index is 13.4. The Balaban J connectivity index is 1.79. The summed E-state index contributed by atoms with van der Waals surface area (Å²) in [5.41, 5.74) is 2.93. The molecule has 0 aliphatic rings. The molecule has 0 saturated heterocycles. The predicted molar refractivity (Wildman–Crippen MR) is 145 cm³/mol. The van der Waals surface area contributed by atoms with E-state index in [1.807, 2.05) is 66.7 Å². The van der Waals surface area contributed by atoms with Crippen LogP contribution in [0.1, 0.15) is 16.7 Å². The first-order chi connectivity index (χ1) is 16.4. The summed E-state index contributed by atoms with van der Waals surface area (Å²) < 4.78 is 0.957. The summed E-state index contributed by atoms with van der Waals surface area (Å²) in [6, 6.07) is 22.3. The van der Waals surface area contributed by atoms with Crippen LogP contribution in [-0.2, 0) is 28.3 Å². The molecule has 3 aromatic carbocycles. The number of carbonyl (C=O) groups is 2. The molecule has 4 nitrogen and oxygen atoms in total. The number of nitrogens with zero attached hydrogens (tertiary/aromatic N) is 1. The monoisotopic (exact) mass is 578 g/mol. The number of benzene rings is 3. The Labute approximate surface area is 223 Å². The van der Waals surface area contributed by atoms with Crippen LogP contribution >= 0.6 is 50.9 Å². The maximum atomic E-state index is 13.4. The fraction of sp³-hybridized carbons (Fsp3) is 0.231. The largest absolute Gasteiger partial charge is 0.357 e. The van der Waals surface area contributed by atoms with Gasteiger partial charge in [-0.3, -0.25) is 9.59 Å². The van der Waals surface area contributed by atoms with Crippen LogP contribution in [0.2, 0.25) is 10.0 Å². The zero-order valence-electron chi connectivity index (χ0n) is 18.6. The second-order valence-electron chi connectivity index (χ2n) is 7.71. The van der Waals surface area contributed by atoms with Crippen LogP contribution in [0.3, 0.4) is 0 Å². The van der Waals surface area contributed by atoms with Crippen LogP contribution < -0.4 is 5.32 Å². The number of carbonyl (C=O) groups excluding carboxylic acids is 2. The molecule has 0 saturated carbocycles. The van der Waals surface area contributed by atoms with Crippen molar-refractivity contribution < 1.29 is 9.59 Å². The third-order valence-electron chi connectivity index (χ3n) is 5.26. The zero-order chi connectivity index (χ0) is 24.5. The number of likely N-dealkylation sites (N-methyl/N-ethyl adjacent to an activating group) is 1. The fourth-order valence-corrected chi connectivity index (χ4v) is 4.92. The molecule has 34 heavy (non-hydrogen) atoms. The summed E-state index contributed by atoms with van der Waals surface area (Å²) in [4.78, 5) is 28.0. The van der Waals surface area contributed by atoms with Crippen LogP contribution in [0.5, 0.6) is 0 Å². The molecule has 0 spiro atoms. The summed E-state index contributed by atoms with van der Waals surface area (Å²) >= 11 is 17.0. The second-order valence-corrected chi connectivity index (χ2v) is 10.4. The molecule has 0 bridgehead atoms. The Morgan fingerprint density at radius 2 is 1.62 bits per heavy atom. The lowest BCUT2D eigenvalue weighted by atomic mass is 10.0. The first-order valence-electron chi connectivity index (χ1n) is 10.7. The average molecular weight is 580 g/mol. The van der Waals surface area contributed by atoms with Gasteiger partial charge in [0.1, 0.15) is 6.04 Å². The number of amides is 2. The summed E-state index contributed by atoms with van der Waals surface area (Å²) in [5.74, 6) is 0.554. The van der Waals surface area contributed by atoms with Crippen LogP contribution in [0.15, 0.2) is 77.3 Å². The highest BCUT2D eigenvalue weighted by Gasteiger charge is 2.29. The van der Waals surface area contributed by atoms with Gasteiger partial charge >= 0.3 is 0 Å². The van der Waals surface area contributed by atoms with Gasteiger partial charge in [-0.1, -0.05) is 87.7 Å². The third kappa shape index (κ3) is 7.77. The van der Waals surface area contributed by atoms with Gasteiger partial charge in [0.2, 0.25) is 11.8 Å². The standard InChI is InChI=1S/C26H25BrCl2N2O2S/c1-30-26(33)24(14-18-5-3-2-4-6-18)31(15-19-7-10-21(27)11-8-19)25(32)17-34-16-20-9-12-22(28)23(29)13-20/h2-13,24H,14-17H2,1H3,(H,30,33)/t24-/m1/s1. The van der Waals surface area contributed by atoms with Crippen molar-refractivity contribution in [3.8, 4) is 0 Å². The molecule has 0 aliphatic heterocycles. The van der Waals surface area contributed by atoms with Gasteiger partial charge in [0.15, 0.2) is 0 Å². The highest BCUT2D eigenvalue weighted by molar-refractivity contribution is 9.10. The molecular weight excluding hydrogens is 555 g/mol. The number of halogens is 3. The Morgan fingerprint density at radius 3 is 2.26 bits per heavy atom. The van der Waals surface area contributed by atoms with Gasteiger partial charge in [0.25, 0.3) is 0 Å². The number of hydrogen-bond acceptors (Lipinski definition) is 3. The summed E-state index contributed by atoms with van der Waals surface area (Å²) in [7, 11) is 1.60. The van der Waals surface area contributed by atoms with Crippen molar-refractivity contribution in [2.24, 2.45) is 0 Å². The van der Waals surface area contributed by atoms with Crippen molar-refractivity contribution in [1.29, 1.82) is 0 Å². The Morgan fingerprint density at radius 1 is 0.941 bits per heavy atom. The van der Waals surface area contributed by atoms with Crippen LogP contribution in [0.25, 0.3) is 0 Å². The number of rotatable bonds is 10. The Hall–Kier alpha value is -1.99. The molecule has 1 N–H and O–H groups in total. The zero-order valence-corrected chi connectivity index (χ0v) is 22.6. The van der Waals surface area contributed by atoms with E-state index in [0.29, 0.717) is 28.8 Å². The van der Waals surface area contributed by atoms with E-state index in [0.717, 1.165) is 21.2 Å². The van der Waals surface area contributed by atoms with E-state index in [-0.39, 0.29) is 17.6 Å². The first kappa shape index (κ1) is 26.6. The molecule has 0 aromatic heterocycles. The van der Waals surface area contributed by atoms with Crippen molar-refractivity contribution in [3.63, 3.8) is 0 Å². The van der Waals surface area contributed by atoms with Crippen molar-refractivity contribution in [2.45, 2.75) is 24.8 Å². The van der Waals surface area contributed by atoms with Gasteiger partial charge < -0.3 is 10.2 Å². The molecule has 178 valence electrons. The summed E-state index contributed by atoms with van der Waals surface area (Å²) in [6.45, 7) is 0.338. The van der Waals surface area contributed by atoms with E-state index in [1.165, 1.54) is 11.8 Å². The second kappa shape index (κ2) is 13.2. The lowest BCUT2D eigenvalue weighted by molar-refractivity contribution is -0.139. The minimum absolute atomic E-state index is 0.0995. The highest BCUT2D eigenvalue weighted by Crippen LogP contribution is 2.25. The quantitative estimate of drug-likeness (QED) is 0.303. The molecule has 1 atom stereocenters. The molecule has 3 aromatic rings. The van der Waals surface area contributed by atoms with Crippen molar-refractivity contribution >= 4 is 62.7 Å². The Bertz CT molecular complexity index is 1110. The molecular formula is C26H25BrCl2N2O2S. The average Bonchev–Trinajstić information content (AvgIpc) is 2.84. The molecule has 0 fully saturated rings. The first-order valence-corrected chi connectivity index (χ1v) is 13.4. The lowest BCUT2D eigenvalue weighted by Crippen LogP contribution is -2.50. The lowest BCUT2D eigenvalue weighted by Gasteiger charge is -2.31. The smallest absolute Gasteiger partial charge is 0.242 e. The minimum atomic E-state index is -0.630. The van der Waals surface area contributed by atoms with E-state index in [9.17, 15) is 9.59 Å². The Kier molecular flexibility index (Phi) is 10.3. The van der Waals surface area contributed by atoms with E-state index >= 15 is 0 Å². The molecule has 8 heteroatoms. The predicted octanol–water partition coefficient (Wildman–Crippen LogP) is 6.38. The van der Waals surface area contributed by atoms with E-state index < -0.39 is 6.04 Å². The molecule has 2 amide bonds. The normalized spacial score (nSPS) is 11.6. The van der Waals surface area contributed by atoms with E-state index in [4.69, 9.17) is 23.2 Å². The van der Waals surface area contributed by atoms with Gasteiger partial charge in [-0.15, -0.1) is 11.8 Å². The summed E-state index contributed by atoms with van der Waals surface area (Å²) in [6.07, 6.45) is 0.431. The van der Waals surface area contributed by atoms with Crippen LogP contribution in [-0.4, -0.2) is 35.6 Å². The molecule has 0 heterocycles. The van der Waals surface area contributed by atoms with E-state index in [2.05, 4.69) is 21.2 Å². The molecule has 3 rings (SSSR count). The van der Waals surface area contributed by atoms with Gasteiger partial charge in [0.05, 0.1) is 15.8 Å². The van der Waals surface area contributed by atoms with Gasteiger partial charge in [0, 0.05) is 30.2 Å². The van der Waals surface area contributed by atoms with Gasteiger partial charge in [-0.25, -0.2) is 0 Å². The van der Waals surface area contributed by atoms with Crippen LogP contribution in [0, 0.1) is 0 Å². The van der Waals surface area contributed by atoms with E-state index in [1.54, 1.807) is 18.0 Å². The fourth-order valence-electron chi connectivity index (χ4n) is 3.48. The highest BCUT2D eigenvalue weighted by atomic mass is 79.9. The van der Waals surface area contributed by atoms with Gasteiger partial charge in [-0.2, -0.15) is 0 Å². The third-order valence-corrected chi connectivity index (χ3v) is 7.52. The molecule has 0 aliphatic carbocycles. The van der Waals surface area contributed by atoms with Crippen molar-refractivity contribution in [2.75, 3.05) is 12.8 Å². The SMILES string of the molecule is CNC(=O)[C@@H](Cc1ccccc1)N(Cc1ccc(Br)cc1)C(=O)CSCc1ccc(Cl)c(Cl)c1. The minimum Gasteiger partial charge on any atom is -0.357 e. The number of thioether (sulfide) groups is 1. The summed E-state index contributed by atoms with van der Waals surface area (Å²) in [5, 5.41) is 3.73. The molecule has 0 radical (unpaired) electrons. The topological polar surface area (TPSA) is 49.4 Å². The van der Waals surface area contributed by atoms with Gasteiger partial charge in [-0.05, 0) is 41.0 Å². The maximum Gasteiger partial charge on any atom is 0.242 e. The number of hydrogen-bond donors (Lipinski definition) is 1. The number of nitrogens with one attached hydrogen (secondary N) is 1. The van der Waals surface area contributed by atoms with Crippen molar-refractivity contribution in [1.82, 2.24) is 10.2 Å². The van der Waals surface area contributed by atoms with Crippen LogP contribution in [0.4, 0.5) is 0 Å².